The van der Waals surface area contributed by atoms with Crippen LogP contribution in [0.4, 0.5) is 0 Å². The molecule has 0 radical (unpaired) electrons. The smallest absolute Gasteiger partial charge is 0.0620 e. The predicted molar refractivity (Wildman–Crippen MR) is 69.3 cm³/mol. The Labute approximate surface area is 107 Å². The van der Waals surface area contributed by atoms with E-state index in [1.807, 2.05) is 18.2 Å². The number of rotatable bonds is 6. The minimum atomic E-state index is -0.0658. The molecule has 1 atom stereocenters. The zero-order valence-corrected chi connectivity index (χ0v) is 10.9. The van der Waals surface area contributed by atoms with Gasteiger partial charge in [-0.2, -0.15) is 0 Å². The van der Waals surface area contributed by atoms with Crippen LogP contribution in [0.3, 0.4) is 0 Å². The van der Waals surface area contributed by atoms with E-state index in [2.05, 4.69) is 6.92 Å². The summed E-state index contributed by atoms with van der Waals surface area (Å²) in [6.45, 7) is 3.34. The summed E-state index contributed by atoms with van der Waals surface area (Å²) < 4.78 is 5.39. The Bertz CT molecular complexity index is 311. The first-order valence-corrected chi connectivity index (χ1v) is 6.17. The molecule has 2 nitrogen and oxygen atoms in total. The molecule has 1 rings (SSSR count). The summed E-state index contributed by atoms with van der Waals surface area (Å²) in [5, 5.41) is 1.33. The van der Waals surface area contributed by atoms with Crippen LogP contribution in [0.5, 0.6) is 0 Å². The first-order chi connectivity index (χ1) is 7.65. The highest BCUT2D eigenvalue weighted by molar-refractivity contribution is 6.35. The topological polar surface area (TPSA) is 35.2 Å². The molecular weight excluding hydrogens is 245 g/mol. The third kappa shape index (κ3) is 4.30. The number of nitrogens with two attached hydrogens (primary N) is 1. The van der Waals surface area contributed by atoms with Crippen LogP contribution in [0.15, 0.2) is 18.2 Å². The highest BCUT2D eigenvalue weighted by atomic mass is 35.5. The molecule has 0 aliphatic carbocycles. The Morgan fingerprint density at radius 1 is 1.31 bits per heavy atom. The Hall–Kier alpha value is -0.280. The van der Waals surface area contributed by atoms with E-state index in [4.69, 9.17) is 33.7 Å². The highest BCUT2D eigenvalue weighted by Gasteiger charge is 2.10. The molecule has 1 aromatic carbocycles. The van der Waals surface area contributed by atoms with Gasteiger partial charge in [-0.3, -0.25) is 0 Å². The quantitative estimate of drug-likeness (QED) is 0.798. The number of halogens is 2. The highest BCUT2D eigenvalue weighted by Crippen LogP contribution is 2.25. The van der Waals surface area contributed by atoms with E-state index in [0.717, 1.165) is 18.6 Å². The summed E-state index contributed by atoms with van der Waals surface area (Å²) in [5.74, 6) is 0. The van der Waals surface area contributed by atoms with Crippen molar-refractivity contribution < 1.29 is 4.74 Å². The van der Waals surface area contributed by atoms with Crippen LogP contribution in [-0.2, 0) is 11.2 Å². The van der Waals surface area contributed by atoms with E-state index < -0.39 is 0 Å². The van der Waals surface area contributed by atoms with E-state index in [1.165, 1.54) is 0 Å². The van der Waals surface area contributed by atoms with Gasteiger partial charge in [0.05, 0.1) is 6.61 Å². The molecule has 0 fully saturated rings. The zero-order chi connectivity index (χ0) is 12.0. The van der Waals surface area contributed by atoms with Crippen molar-refractivity contribution >= 4 is 23.2 Å². The summed E-state index contributed by atoms with van der Waals surface area (Å²) in [6.07, 6.45) is 1.64. The Kier molecular flexibility index (Phi) is 6.14. The fraction of sp³-hybridized carbons (Fsp3) is 0.500. The van der Waals surface area contributed by atoms with Gasteiger partial charge < -0.3 is 10.5 Å². The monoisotopic (exact) mass is 261 g/mol. The Morgan fingerprint density at radius 3 is 2.50 bits per heavy atom. The maximum absolute atomic E-state index is 6.05. The summed E-state index contributed by atoms with van der Waals surface area (Å²) in [4.78, 5) is 0. The average molecular weight is 262 g/mol. The van der Waals surface area contributed by atoms with E-state index in [1.54, 1.807) is 0 Å². The molecule has 90 valence electrons. The zero-order valence-electron chi connectivity index (χ0n) is 9.38. The van der Waals surface area contributed by atoms with E-state index in [-0.39, 0.29) is 6.04 Å². The molecule has 16 heavy (non-hydrogen) atoms. The minimum absolute atomic E-state index is 0.0658. The van der Waals surface area contributed by atoms with Gasteiger partial charge in [0.15, 0.2) is 0 Å². The molecule has 1 unspecified atom stereocenters. The fourth-order valence-electron chi connectivity index (χ4n) is 1.43. The molecule has 0 bridgehead atoms. The average Bonchev–Trinajstić information content (AvgIpc) is 2.24. The van der Waals surface area contributed by atoms with E-state index >= 15 is 0 Å². The standard InChI is InChI=1S/C12H17Cl2NO/c1-2-6-16-8-9(15)7-10-11(13)4-3-5-12(10)14/h3-5,9H,2,6-8,15H2,1H3. The van der Waals surface area contributed by atoms with Crippen LogP contribution in [0, 0.1) is 0 Å². The summed E-state index contributed by atoms with van der Waals surface area (Å²) in [7, 11) is 0. The van der Waals surface area contributed by atoms with Crippen molar-refractivity contribution in [2.75, 3.05) is 13.2 Å². The van der Waals surface area contributed by atoms with Crippen LogP contribution >= 0.6 is 23.2 Å². The molecule has 0 saturated heterocycles. The lowest BCUT2D eigenvalue weighted by molar-refractivity contribution is 0.121. The largest absolute Gasteiger partial charge is 0.380 e. The second kappa shape index (κ2) is 7.13. The van der Waals surface area contributed by atoms with Gasteiger partial charge in [-0.25, -0.2) is 0 Å². The lowest BCUT2D eigenvalue weighted by Crippen LogP contribution is -2.29. The number of ether oxygens (including phenoxy) is 1. The summed E-state index contributed by atoms with van der Waals surface area (Å²) >= 11 is 12.1. The summed E-state index contributed by atoms with van der Waals surface area (Å²) in [6, 6.07) is 5.40. The molecule has 0 aliphatic rings. The van der Waals surface area contributed by atoms with Gasteiger partial charge in [-0.1, -0.05) is 36.2 Å². The second-order valence-corrected chi connectivity index (χ2v) is 4.55. The maximum Gasteiger partial charge on any atom is 0.0620 e. The minimum Gasteiger partial charge on any atom is -0.380 e. The Morgan fingerprint density at radius 2 is 1.94 bits per heavy atom. The lowest BCUT2D eigenvalue weighted by Gasteiger charge is -2.14. The number of hydrogen-bond donors (Lipinski definition) is 1. The predicted octanol–water partition coefficient (Wildman–Crippen LogP) is 3.29. The number of hydrogen-bond acceptors (Lipinski definition) is 2. The van der Waals surface area contributed by atoms with Gasteiger partial charge in [0.25, 0.3) is 0 Å². The fourth-order valence-corrected chi connectivity index (χ4v) is 1.98. The molecule has 0 spiro atoms. The third-order valence-electron chi connectivity index (χ3n) is 2.21. The van der Waals surface area contributed by atoms with Crippen molar-refractivity contribution in [1.29, 1.82) is 0 Å². The van der Waals surface area contributed by atoms with Crippen molar-refractivity contribution in [3.63, 3.8) is 0 Å². The summed E-state index contributed by atoms with van der Waals surface area (Å²) in [5.41, 5.74) is 6.84. The molecule has 0 heterocycles. The first kappa shape index (κ1) is 13.8. The molecule has 0 amide bonds. The van der Waals surface area contributed by atoms with Crippen LogP contribution in [0.25, 0.3) is 0 Å². The third-order valence-corrected chi connectivity index (χ3v) is 2.92. The van der Waals surface area contributed by atoms with Gasteiger partial charge in [0.1, 0.15) is 0 Å². The van der Waals surface area contributed by atoms with Crippen LogP contribution < -0.4 is 5.73 Å². The maximum atomic E-state index is 6.05. The van der Waals surface area contributed by atoms with Crippen molar-refractivity contribution in [3.05, 3.63) is 33.8 Å². The molecule has 4 heteroatoms. The molecule has 0 aliphatic heterocycles. The van der Waals surface area contributed by atoms with Crippen LogP contribution in [0.2, 0.25) is 10.0 Å². The van der Waals surface area contributed by atoms with E-state index in [9.17, 15) is 0 Å². The van der Waals surface area contributed by atoms with Crippen molar-refractivity contribution in [2.45, 2.75) is 25.8 Å². The van der Waals surface area contributed by atoms with Crippen molar-refractivity contribution in [3.8, 4) is 0 Å². The van der Waals surface area contributed by atoms with Gasteiger partial charge >= 0.3 is 0 Å². The van der Waals surface area contributed by atoms with Gasteiger partial charge in [0, 0.05) is 22.7 Å². The molecule has 0 saturated carbocycles. The molecule has 0 aromatic heterocycles. The second-order valence-electron chi connectivity index (χ2n) is 3.74. The van der Waals surface area contributed by atoms with Crippen molar-refractivity contribution in [2.24, 2.45) is 5.73 Å². The number of benzene rings is 1. The molecular formula is C12H17Cl2NO. The normalized spacial score (nSPS) is 12.8. The van der Waals surface area contributed by atoms with Crippen LogP contribution in [0.1, 0.15) is 18.9 Å². The van der Waals surface area contributed by atoms with E-state index in [0.29, 0.717) is 23.1 Å². The Balaban J connectivity index is 2.52. The molecule has 1 aromatic rings. The van der Waals surface area contributed by atoms with Crippen LogP contribution in [-0.4, -0.2) is 19.3 Å². The van der Waals surface area contributed by atoms with Gasteiger partial charge in [-0.05, 0) is 30.5 Å². The van der Waals surface area contributed by atoms with Gasteiger partial charge in [-0.15, -0.1) is 0 Å². The lowest BCUT2D eigenvalue weighted by atomic mass is 10.1. The first-order valence-electron chi connectivity index (χ1n) is 5.41. The SMILES string of the molecule is CCCOCC(N)Cc1c(Cl)cccc1Cl. The molecule has 2 N–H and O–H groups in total. The van der Waals surface area contributed by atoms with Crippen molar-refractivity contribution in [1.82, 2.24) is 0 Å². The van der Waals surface area contributed by atoms with Gasteiger partial charge in [0.2, 0.25) is 0 Å².